The van der Waals surface area contributed by atoms with E-state index in [0.29, 0.717) is 70.4 Å². The molecule has 0 spiro atoms. The highest BCUT2D eigenvalue weighted by Crippen LogP contribution is 2.10. The lowest BCUT2D eigenvalue weighted by atomic mass is 10.1. The van der Waals surface area contributed by atoms with Crippen molar-refractivity contribution in [2.24, 2.45) is 5.73 Å². The van der Waals surface area contributed by atoms with Crippen molar-refractivity contribution in [1.82, 2.24) is 0 Å². The second-order valence-corrected chi connectivity index (χ2v) is 6.45. The minimum absolute atomic E-state index is 0.508. The van der Waals surface area contributed by atoms with Gasteiger partial charge in [0.1, 0.15) is 0 Å². The summed E-state index contributed by atoms with van der Waals surface area (Å²) >= 11 is 0. The topological polar surface area (TPSA) is 96.0 Å². The van der Waals surface area contributed by atoms with E-state index in [9.17, 15) is 5.26 Å². The molecule has 27 heavy (non-hydrogen) atoms. The molecule has 0 saturated heterocycles. The number of nitrogens with zero attached hydrogens (tertiary/aromatic N) is 1. The number of allylic oxidation sites excluding steroid dienone is 1. The average Bonchev–Trinajstić information content (AvgIpc) is 2.68. The van der Waals surface area contributed by atoms with E-state index in [-0.39, 0.29) is 0 Å². The summed E-state index contributed by atoms with van der Waals surface area (Å²) in [5.74, 6) is 0. The fourth-order valence-corrected chi connectivity index (χ4v) is 2.54. The van der Waals surface area contributed by atoms with Gasteiger partial charge < -0.3 is 29.4 Å². The van der Waals surface area contributed by atoms with Crippen LogP contribution in [0.25, 0.3) is 0 Å². The smallest absolute Gasteiger partial charge is 0.0966 e. The van der Waals surface area contributed by atoms with Crippen molar-refractivity contribution in [2.75, 3.05) is 66.1 Å². The van der Waals surface area contributed by atoms with Gasteiger partial charge in [0.2, 0.25) is 0 Å². The molecule has 0 aromatic carbocycles. The van der Waals surface area contributed by atoms with Crippen LogP contribution in [0.4, 0.5) is 0 Å². The van der Waals surface area contributed by atoms with E-state index < -0.39 is 0 Å². The molecule has 1 aliphatic heterocycles. The Morgan fingerprint density at radius 1 is 0.556 bits per heavy atom. The third-order valence-electron chi connectivity index (χ3n) is 4.06. The first-order chi connectivity index (χ1) is 13.3. The number of nitriles is 1. The molecule has 156 valence electrons. The van der Waals surface area contributed by atoms with E-state index in [1.807, 2.05) is 0 Å². The number of nitrogens with two attached hydrogens (primary N) is 1. The zero-order valence-electron chi connectivity index (χ0n) is 16.6. The molecule has 0 saturated carbocycles. The van der Waals surface area contributed by atoms with Crippen LogP contribution in [0.1, 0.15) is 44.9 Å². The molecule has 1 rings (SSSR count). The maximum Gasteiger partial charge on any atom is 0.0966 e. The highest BCUT2D eigenvalue weighted by molar-refractivity contribution is 5.25. The van der Waals surface area contributed by atoms with E-state index in [0.717, 1.165) is 51.9 Å². The monoisotopic (exact) mass is 384 g/mol. The van der Waals surface area contributed by atoms with Crippen molar-refractivity contribution >= 4 is 0 Å². The molecule has 0 fully saturated rings. The zero-order chi connectivity index (χ0) is 19.4. The number of ether oxygens (including phenoxy) is 5. The Kier molecular flexibility index (Phi) is 16.1. The maximum atomic E-state index is 9.25. The molecular formula is C20H36N2O5. The average molecular weight is 385 g/mol. The van der Waals surface area contributed by atoms with Crippen LogP contribution in [0.2, 0.25) is 0 Å². The lowest BCUT2D eigenvalue weighted by Crippen LogP contribution is -2.09. The summed E-state index contributed by atoms with van der Waals surface area (Å²) in [6, 6.07) is 2.19. The van der Waals surface area contributed by atoms with Crippen LogP contribution in [-0.4, -0.2) is 66.1 Å². The van der Waals surface area contributed by atoms with Gasteiger partial charge in [-0.1, -0.05) is 0 Å². The summed E-state index contributed by atoms with van der Waals surface area (Å²) in [4.78, 5) is 0. The molecule has 0 aliphatic carbocycles. The molecule has 0 amide bonds. The van der Waals surface area contributed by atoms with Crippen LogP contribution in [0, 0.1) is 11.3 Å². The molecule has 0 atom stereocenters. The van der Waals surface area contributed by atoms with Crippen molar-refractivity contribution < 1.29 is 23.7 Å². The van der Waals surface area contributed by atoms with Gasteiger partial charge in [0, 0.05) is 71.6 Å². The second kappa shape index (κ2) is 18.2. The van der Waals surface area contributed by atoms with E-state index in [1.54, 1.807) is 0 Å². The quantitative estimate of drug-likeness (QED) is 0.685. The first kappa shape index (κ1) is 23.9. The predicted molar refractivity (Wildman–Crippen MR) is 103 cm³/mol. The first-order valence-electron chi connectivity index (χ1n) is 10.1. The highest BCUT2D eigenvalue weighted by Gasteiger charge is 2.04. The molecule has 1 heterocycles. The minimum atomic E-state index is 0.508. The van der Waals surface area contributed by atoms with E-state index in [2.05, 4.69) is 6.07 Å². The summed E-state index contributed by atoms with van der Waals surface area (Å²) in [7, 11) is 0. The van der Waals surface area contributed by atoms with Crippen molar-refractivity contribution in [3.63, 3.8) is 0 Å². The molecule has 1 aliphatic rings. The maximum absolute atomic E-state index is 9.25. The van der Waals surface area contributed by atoms with Crippen molar-refractivity contribution in [3.05, 3.63) is 11.3 Å². The largest absolute Gasteiger partial charge is 0.401 e. The van der Waals surface area contributed by atoms with Gasteiger partial charge in [0.15, 0.2) is 0 Å². The Hall–Kier alpha value is -1.17. The van der Waals surface area contributed by atoms with Crippen LogP contribution in [0.5, 0.6) is 0 Å². The molecule has 0 aromatic rings. The van der Waals surface area contributed by atoms with Gasteiger partial charge in [-0.25, -0.2) is 0 Å². The van der Waals surface area contributed by atoms with E-state index in [4.69, 9.17) is 29.4 Å². The molecule has 7 nitrogen and oxygen atoms in total. The Bertz CT molecular complexity index is 423. The molecule has 0 bridgehead atoms. The molecule has 0 radical (unpaired) electrons. The highest BCUT2D eigenvalue weighted by atomic mass is 16.5. The number of rotatable bonds is 0. The van der Waals surface area contributed by atoms with Crippen molar-refractivity contribution in [3.8, 4) is 6.07 Å². The summed E-state index contributed by atoms with van der Waals surface area (Å²) in [6.45, 7) is 6.70. The zero-order valence-corrected chi connectivity index (χ0v) is 16.6. The fourth-order valence-electron chi connectivity index (χ4n) is 2.54. The summed E-state index contributed by atoms with van der Waals surface area (Å²) in [5, 5.41) is 9.25. The Labute approximate surface area is 163 Å². The normalized spacial score (nSPS) is 25.1. The van der Waals surface area contributed by atoms with E-state index in [1.165, 1.54) is 0 Å². The summed E-state index contributed by atoms with van der Waals surface area (Å²) in [6.07, 6.45) is 5.57. The fraction of sp³-hybridized carbons (Fsp3) is 0.850. The standard InChI is InChI=1S/C20H36N2O5/c21-18-19-7-17-27-16-5-15-26-14-4-13-25-12-3-11-24-10-2-9-23-8-1-6-20(19)22/h1-17,22H2/b20-19-. The lowest BCUT2D eigenvalue weighted by molar-refractivity contribution is 0.0489. The molecule has 0 aromatic heterocycles. The lowest BCUT2D eigenvalue weighted by Gasteiger charge is -2.09. The Balaban J connectivity index is 2.28. The third kappa shape index (κ3) is 14.5. The predicted octanol–water partition coefficient (Wildman–Crippen LogP) is 2.55. The van der Waals surface area contributed by atoms with Crippen LogP contribution >= 0.6 is 0 Å². The van der Waals surface area contributed by atoms with Crippen LogP contribution in [-0.2, 0) is 23.7 Å². The van der Waals surface area contributed by atoms with Gasteiger partial charge >= 0.3 is 0 Å². The van der Waals surface area contributed by atoms with Gasteiger partial charge in [-0.15, -0.1) is 0 Å². The van der Waals surface area contributed by atoms with Gasteiger partial charge in [-0.3, -0.25) is 0 Å². The number of hydrogen-bond donors (Lipinski definition) is 1. The first-order valence-corrected chi connectivity index (χ1v) is 10.1. The molecular weight excluding hydrogens is 348 g/mol. The van der Waals surface area contributed by atoms with Crippen LogP contribution in [0.15, 0.2) is 11.3 Å². The van der Waals surface area contributed by atoms with Gasteiger partial charge in [-0.05, 0) is 38.5 Å². The summed E-state index contributed by atoms with van der Waals surface area (Å²) < 4.78 is 27.8. The van der Waals surface area contributed by atoms with E-state index >= 15 is 0 Å². The van der Waals surface area contributed by atoms with Gasteiger partial charge in [-0.2, -0.15) is 5.26 Å². The van der Waals surface area contributed by atoms with Crippen LogP contribution in [0.3, 0.4) is 0 Å². The number of hydrogen-bond acceptors (Lipinski definition) is 7. The van der Waals surface area contributed by atoms with Gasteiger partial charge in [0.05, 0.1) is 18.2 Å². The Morgan fingerprint density at radius 2 is 0.926 bits per heavy atom. The SMILES string of the molecule is N#C/C1=C(\N)CCCOCCCOCCCOCCCOCCCOCC1. The minimum Gasteiger partial charge on any atom is -0.401 e. The Morgan fingerprint density at radius 3 is 1.33 bits per heavy atom. The van der Waals surface area contributed by atoms with Gasteiger partial charge in [0.25, 0.3) is 0 Å². The molecule has 2 N–H and O–H groups in total. The third-order valence-corrected chi connectivity index (χ3v) is 4.06. The molecule has 0 unspecified atom stereocenters. The van der Waals surface area contributed by atoms with Crippen molar-refractivity contribution in [2.45, 2.75) is 44.9 Å². The van der Waals surface area contributed by atoms with Crippen molar-refractivity contribution in [1.29, 1.82) is 5.26 Å². The molecule has 7 heteroatoms. The second-order valence-electron chi connectivity index (χ2n) is 6.45. The van der Waals surface area contributed by atoms with Crippen LogP contribution < -0.4 is 5.73 Å². The summed E-state index contributed by atoms with van der Waals surface area (Å²) in [5.41, 5.74) is 7.30.